The molecule has 0 N–H and O–H groups in total. The lowest BCUT2D eigenvalue weighted by Crippen LogP contribution is -2.15. The van der Waals surface area contributed by atoms with Gasteiger partial charge in [0.1, 0.15) is 11.2 Å². The summed E-state index contributed by atoms with van der Waals surface area (Å²) in [6, 6.07) is 48.6. The van der Waals surface area contributed by atoms with Crippen molar-refractivity contribution in [3.8, 4) is 33.4 Å². The van der Waals surface area contributed by atoms with Crippen LogP contribution >= 0.6 is 0 Å². The van der Waals surface area contributed by atoms with E-state index in [0.717, 1.165) is 11.2 Å². The molecule has 1 nitrogen and oxygen atoms in total. The Bertz CT molecular complexity index is 2370. The molecule has 1 aromatic heterocycles. The minimum absolute atomic E-state index is 0.159. The van der Waals surface area contributed by atoms with E-state index in [1.165, 1.54) is 76.8 Å². The van der Waals surface area contributed by atoms with Crippen molar-refractivity contribution >= 4 is 43.5 Å². The smallest absolute Gasteiger partial charge is 0.136 e. The summed E-state index contributed by atoms with van der Waals surface area (Å²) in [6.45, 7) is 4.78. The van der Waals surface area contributed by atoms with Crippen LogP contribution in [-0.4, -0.2) is 0 Å². The Kier molecular flexibility index (Phi) is 4.73. The molecule has 7 aromatic carbocycles. The first kappa shape index (κ1) is 23.6. The summed E-state index contributed by atoms with van der Waals surface area (Å²) in [7, 11) is 0. The standard InChI is InChI=1S/C41H28O/c1-41(2)35-23-29(30-17-10-18-36-38(30)34-21-26-13-6-7-14-27(26)24-37(34)42-36)19-20-32(35)39-33(25-11-4-3-5-12-25)22-28-15-8-9-16-31(28)40(39)41/h3-24H,1-2H3. The average Bonchev–Trinajstić information content (AvgIpc) is 3.51. The Morgan fingerprint density at radius 1 is 0.476 bits per heavy atom. The molecule has 0 aliphatic heterocycles. The first-order chi connectivity index (χ1) is 20.6. The number of rotatable bonds is 2. The van der Waals surface area contributed by atoms with E-state index in [-0.39, 0.29) is 5.41 Å². The molecule has 1 aliphatic carbocycles. The van der Waals surface area contributed by atoms with Gasteiger partial charge in [-0.25, -0.2) is 0 Å². The van der Waals surface area contributed by atoms with Crippen LogP contribution in [-0.2, 0) is 5.41 Å². The van der Waals surface area contributed by atoms with Crippen molar-refractivity contribution < 1.29 is 4.42 Å². The minimum Gasteiger partial charge on any atom is -0.456 e. The summed E-state index contributed by atoms with van der Waals surface area (Å²) in [4.78, 5) is 0. The predicted molar refractivity (Wildman–Crippen MR) is 177 cm³/mol. The van der Waals surface area contributed by atoms with Gasteiger partial charge in [0.25, 0.3) is 0 Å². The van der Waals surface area contributed by atoms with Gasteiger partial charge in [-0.15, -0.1) is 0 Å². The zero-order valence-corrected chi connectivity index (χ0v) is 23.6. The van der Waals surface area contributed by atoms with E-state index in [2.05, 4.69) is 147 Å². The van der Waals surface area contributed by atoms with Gasteiger partial charge in [-0.3, -0.25) is 0 Å². The third kappa shape index (κ3) is 3.19. The highest BCUT2D eigenvalue weighted by Gasteiger charge is 2.39. The summed E-state index contributed by atoms with van der Waals surface area (Å²) in [5.74, 6) is 0. The molecule has 0 saturated heterocycles. The van der Waals surface area contributed by atoms with Crippen molar-refractivity contribution in [3.63, 3.8) is 0 Å². The molecule has 0 saturated carbocycles. The second-order valence-electron chi connectivity index (χ2n) is 12.1. The topological polar surface area (TPSA) is 13.1 Å². The van der Waals surface area contributed by atoms with Gasteiger partial charge in [0.05, 0.1) is 0 Å². The second-order valence-corrected chi connectivity index (χ2v) is 12.1. The molecule has 0 atom stereocenters. The maximum absolute atomic E-state index is 6.42. The van der Waals surface area contributed by atoms with Crippen LogP contribution in [0.2, 0.25) is 0 Å². The van der Waals surface area contributed by atoms with E-state index in [9.17, 15) is 0 Å². The number of furan rings is 1. The molecule has 0 bridgehead atoms. The van der Waals surface area contributed by atoms with E-state index in [0.29, 0.717) is 0 Å². The fourth-order valence-corrected chi connectivity index (χ4v) is 7.46. The maximum atomic E-state index is 6.42. The van der Waals surface area contributed by atoms with Crippen molar-refractivity contribution in [1.29, 1.82) is 0 Å². The van der Waals surface area contributed by atoms with Crippen LogP contribution in [0, 0.1) is 0 Å². The molecule has 0 unspecified atom stereocenters. The molecule has 198 valence electrons. The molecule has 9 rings (SSSR count). The molecular weight excluding hydrogens is 508 g/mol. The van der Waals surface area contributed by atoms with Crippen LogP contribution in [0.25, 0.3) is 76.9 Å². The van der Waals surface area contributed by atoms with E-state index in [4.69, 9.17) is 4.42 Å². The zero-order chi connectivity index (χ0) is 28.0. The van der Waals surface area contributed by atoms with E-state index in [1.54, 1.807) is 0 Å². The Labute approximate surface area is 244 Å². The molecule has 1 heteroatoms. The average molecular weight is 537 g/mol. The number of hydrogen-bond donors (Lipinski definition) is 0. The first-order valence-electron chi connectivity index (χ1n) is 14.7. The lowest BCUT2D eigenvalue weighted by atomic mass is 9.78. The third-order valence-corrected chi connectivity index (χ3v) is 9.40. The molecule has 0 amide bonds. The van der Waals surface area contributed by atoms with Gasteiger partial charge < -0.3 is 4.42 Å². The van der Waals surface area contributed by atoms with Gasteiger partial charge >= 0.3 is 0 Å². The molecule has 1 aliphatic rings. The quantitative estimate of drug-likeness (QED) is 0.214. The fraction of sp³-hybridized carbons (Fsp3) is 0.0732. The van der Waals surface area contributed by atoms with Gasteiger partial charge in [-0.2, -0.15) is 0 Å². The molecule has 1 heterocycles. The van der Waals surface area contributed by atoms with Crippen molar-refractivity contribution in [3.05, 3.63) is 145 Å². The molecule has 0 radical (unpaired) electrons. The predicted octanol–water partition coefficient (Wildman–Crippen LogP) is 11.5. The molecular formula is C41H28O. The molecule has 42 heavy (non-hydrogen) atoms. The Balaban J connectivity index is 1.31. The first-order valence-corrected chi connectivity index (χ1v) is 14.7. The van der Waals surface area contributed by atoms with Gasteiger partial charge in [0.2, 0.25) is 0 Å². The number of benzene rings is 7. The van der Waals surface area contributed by atoms with Crippen LogP contribution in [0.15, 0.2) is 138 Å². The normalized spacial score (nSPS) is 13.7. The number of hydrogen-bond acceptors (Lipinski definition) is 1. The second kappa shape index (κ2) is 8.44. The molecule has 0 spiro atoms. The Morgan fingerprint density at radius 3 is 2.05 bits per heavy atom. The Hall–Kier alpha value is -5.14. The van der Waals surface area contributed by atoms with Gasteiger partial charge in [-0.1, -0.05) is 117 Å². The largest absolute Gasteiger partial charge is 0.456 e. The summed E-state index contributed by atoms with van der Waals surface area (Å²) in [5.41, 5.74) is 12.2. The van der Waals surface area contributed by atoms with Crippen molar-refractivity contribution in [2.24, 2.45) is 0 Å². The van der Waals surface area contributed by atoms with E-state index in [1.807, 2.05) is 0 Å². The van der Waals surface area contributed by atoms with Crippen molar-refractivity contribution in [2.75, 3.05) is 0 Å². The van der Waals surface area contributed by atoms with E-state index >= 15 is 0 Å². The molecule has 8 aromatic rings. The van der Waals surface area contributed by atoms with Crippen LogP contribution in [0.3, 0.4) is 0 Å². The Morgan fingerprint density at radius 2 is 1.21 bits per heavy atom. The summed E-state index contributed by atoms with van der Waals surface area (Å²) in [5, 5.41) is 7.40. The monoisotopic (exact) mass is 536 g/mol. The van der Waals surface area contributed by atoms with E-state index < -0.39 is 0 Å². The van der Waals surface area contributed by atoms with Gasteiger partial charge in [0, 0.05) is 16.2 Å². The highest BCUT2D eigenvalue weighted by molar-refractivity contribution is 6.16. The summed E-state index contributed by atoms with van der Waals surface area (Å²) < 4.78 is 6.42. The summed E-state index contributed by atoms with van der Waals surface area (Å²) in [6.07, 6.45) is 0. The third-order valence-electron chi connectivity index (χ3n) is 9.40. The zero-order valence-electron chi connectivity index (χ0n) is 23.6. The maximum Gasteiger partial charge on any atom is 0.136 e. The fourth-order valence-electron chi connectivity index (χ4n) is 7.46. The van der Waals surface area contributed by atoms with Crippen LogP contribution < -0.4 is 0 Å². The van der Waals surface area contributed by atoms with Crippen molar-refractivity contribution in [2.45, 2.75) is 19.3 Å². The lowest BCUT2D eigenvalue weighted by Gasteiger charge is -2.24. The highest BCUT2D eigenvalue weighted by Crippen LogP contribution is 2.55. The van der Waals surface area contributed by atoms with Crippen molar-refractivity contribution in [1.82, 2.24) is 0 Å². The van der Waals surface area contributed by atoms with Crippen LogP contribution in [0.4, 0.5) is 0 Å². The minimum atomic E-state index is -0.159. The number of fused-ring (bicyclic) bond motifs is 9. The van der Waals surface area contributed by atoms with Gasteiger partial charge in [-0.05, 0) is 96.4 Å². The van der Waals surface area contributed by atoms with Gasteiger partial charge in [0.15, 0.2) is 0 Å². The molecule has 0 fully saturated rings. The lowest BCUT2D eigenvalue weighted by molar-refractivity contribution is 0.666. The summed E-state index contributed by atoms with van der Waals surface area (Å²) >= 11 is 0. The highest BCUT2D eigenvalue weighted by atomic mass is 16.3. The van der Waals surface area contributed by atoms with Crippen LogP contribution in [0.5, 0.6) is 0 Å². The SMILES string of the molecule is CC1(C)c2cc(-c3cccc4oc5cc6ccccc6cc5c34)ccc2-c2c(-c3ccccc3)cc3ccccc3c21. The van der Waals surface area contributed by atoms with Crippen LogP contribution in [0.1, 0.15) is 25.0 Å².